The van der Waals surface area contributed by atoms with Gasteiger partial charge in [0.25, 0.3) is 0 Å². The highest BCUT2D eigenvalue weighted by molar-refractivity contribution is 7.92. The van der Waals surface area contributed by atoms with E-state index in [4.69, 9.17) is 48.7 Å². The molecule has 1 aromatic heterocycles. The third kappa shape index (κ3) is 6.69. The Bertz CT molecular complexity index is 1190. The first-order valence-electron chi connectivity index (χ1n) is 9.83. The highest BCUT2D eigenvalue weighted by atomic mass is 35.5. The molecule has 33 heavy (non-hydrogen) atoms. The minimum absolute atomic E-state index is 0.0320. The molecule has 0 amide bonds. The van der Waals surface area contributed by atoms with E-state index in [-0.39, 0.29) is 18.4 Å². The van der Waals surface area contributed by atoms with Crippen molar-refractivity contribution in [3.63, 3.8) is 0 Å². The van der Waals surface area contributed by atoms with Crippen molar-refractivity contribution < 1.29 is 22.3 Å². The number of aromatic nitrogens is 1. The van der Waals surface area contributed by atoms with Crippen LogP contribution in [0.3, 0.4) is 0 Å². The summed E-state index contributed by atoms with van der Waals surface area (Å²) in [5.74, 6) is 1.63. The lowest BCUT2D eigenvalue weighted by molar-refractivity contribution is 0.265. The number of nitrogens with zero attached hydrogens (tertiary/aromatic N) is 1. The summed E-state index contributed by atoms with van der Waals surface area (Å²) in [6.07, 6.45) is 2.31. The summed E-state index contributed by atoms with van der Waals surface area (Å²) >= 11 is 18.5. The Morgan fingerprint density at radius 2 is 1.70 bits per heavy atom. The van der Waals surface area contributed by atoms with Gasteiger partial charge in [0.1, 0.15) is 12.4 Å². The number of hydrogen-bond acceptors (Lipinski definition) is 6. The molecule has 178 valence electrons. The SMILES string of the molecule is CC(C)(c1ccc(OCc2ncc(NS(C)(=O)=O)o2)cc1)c1cc(Cl)c(OCCCl)c(Cl)c1. The van der Waals surface area contributed by atoms with Gasteiger partial charge in [-0.05, 0) is 35.4 Å². The molecule has 0 aliphatic heterocycles. The van der Waals surface area contributed by atoms with E-state index in [0.29, 0.717) is 34.0 Å². The summed E-state index contributed by atoms with van der Waals surface area (Å²) in [5.41, 5.74) is 1.55. The summed E-state index contributed by atoms with van der Waals surface area (Å²) in [5, 5.41) is 0.845. The number of nitrogens with one attached hydrogen (secondary N) is 1. The van der Waals surface area contributed by atoms with Crippen molar-refractivity contribution in [1.29, 1.82) is 0 Å². The van der Waals surface area contributed by atoms with E-state index in [9.17, 15) is 8.42 Å². The van der Waals surface area contributed by atoms with Gasteiger partial charge in [-0.1, -0.05) is 49.2 Å². The van der Waals surface area contributed by atoms with Gasteiger partial charge in [0, 0.05) is 5.41 Å². The van der Waals surface area contributed by atoms with Crippen molar-refractivity contribution in [2.45, 2.75) is 25.9 Å². The van der Waals surface area contributed by atoms with E-state index in [1.54, 1.807) is 0 Å². The summed E-state index contributed by atoms with van der Waals surface area (Å²) < 4.78 is 41.2. The molecule has 0 saturated carbocycles. The molecule has 3 rings (SSSR count). The number of benzene rings is 2. The smallest absolute Gasteiger partial charge is 0.234 e. The Kier molecular flexibility index (Phi) is 8.05. The molecule has 0 atom stereocenters. The number of sulfonamides is 1. The Balaban J connectivity index is 1.70. The average Bonchev–Trinajstić information content (AvgIpc) is 3.17. The highest BCUT2D eigenvalue weighted by Crippen LogP contribution is 2.40. The van der Waals surface area contributed by atoms with Crippen LogP contribution in [0.2, 0.25) is 10.0 Å². The van der Waals surface area contributed by atoms with Gasteiger partial charge in [-0.15, -0.1) is 11.6 Å². The Labute approximate surface area is 208 Å². The molecular formula is C22H23Cl3N2O5S. The average molecular weight is 534 g/mol. The lowest BCUT2D eigenvalue weighted by Gasteiger charge is -2.27. The summed E-state index contributed by atoms with van der Waals surface area (Å²) in [6, 6.07) is 11.2. The van der Waals surface area contributed by atoms with Crippen LogP contribution < -0.4 is 14.2 Å². The third-order valence-corrected chi connectivity index (χ3v) is 6.11. The van der Waals surface area contributed by atoms with E-state index in [0.717, 1.165) is 17.4 Å². The first kappa shape index (κ1) is 25.5. The van der Waals surface area contributed by atoms with Gasteiger partial charge < -0.3 is 13.9 Å². The topological polar surface area (TPSA) is 90.7 Å². The van der Waals surface area contributed by atoms with Gasteiger partial charge in [0.2, 0.25) is 21.8 Å². The lowest BCUT2D eigenvalue weighted by atomic mass is 9.78. The summed E-state index contributed by atoms with van der Waals surface area (Å²) in [7, 11) is -3.44. The third-order valence-electron chi connectivity index (χ3n) is 4.82. The minimum atomic E-state index is -3.44. The molecule has 0 unspecified atom stereocenters. The summed E-state index contributed by atoms with van der Waals surface area (Å²) in [6.45, 7) is 4.48. The number of rotatable bonds is 10. The van der Waals surface area contributed by atoms with Crippen LogP contribution in [0.4, 0.5) is 5.88 Å². The first-order chi connectivity index (χ1) is 15.5. The molecule has 1 heterocycles. The quantitative estimate of drug-likeness (QED) is 0.328. The fourth-order valence-corrected chi connectivity index (χ4v) is 4.22. The standard InChI is InChI=1S/C22H23Cl3N2O5S/c1-22(2,15-10-17(24)21(18(25)11-15)30-9-8-23)14-4-6-16(7-5-14)31-13-20-26-12-19(32-20)27-33(3,28)29/h4-7,10-12,27H,8-9,13H2,1-3H3. The van der Waals surface area contributed by atoms with E-state index >= 15 is 0 Å². The maximum absolute atomic E-state index is 11.2. The van der Waals surface area contributed by atoms with Crippen LogP contribution in [-0.4, -0.2) is 32.1 Å². The molecule has 0 bridgehead atoms. The van der Waals surface area contributed by atoms with Crippen LogP contribution in [0, 0.1) is 0 Å². The van der Waals surface area contributed by atoms with Crippen LogP contribution in [0.15, 0.2) is 47.0 Å². The predicted octanol–water partition coefficient (Wildman–Crippen LogP) is 5.88. The van der Waals surface area contributed by atoms with E-state index in [2.05, 4.69) is 23.6 Å². The van der Waals surface area contributed by atoms with Crippen molar-refractivity contribution in [2.75, 3.05) is 23.5 Å². The van der Waals surface area contributed by atoms with Crippen LogP contribution in [-0.2, 0) is 22.0 Å². The molecule has 1 N–H and O–H groups in total. The molecule has 7 nitrogen and oxygen atoms in total. The second-order valence-electron chi connectivity index (χ2n) is 7.74. The Morgan fingerprint density at radius 1 is 1.06 bits per heavy atom. The monoisotopic (exact) mass is 532 g/mol. The Hall–Kier alpha value is -2.13. The number of halogens is 3. The number of ether oxygens (including phenoxy) is 2. The van der Waals surface area contributed by atoms with E-state index in [1.807, 2.05) is 36.4 Å². The van der Waals surface area contributed by atoms with Gasteiger partial charge in [0.15, 0.2) is 12.4 Å². The molecule has 0 saturated heterocycles. The second kappa shape index (κ2) is 10.4. The number of anilines is 1. The molecule has 2 aromatic carbocycles. The molecule has 0 spiro atoms. The van der Waals surface area contributed by atoms with Gasteiger partial charge >= 0.3 is 0 Å². The van der Waals surface area contributed by atoms with Gasteiger partial charge in [-0.2, -0.15) is 0 Å². The zero-order valence-electron chi connectivity index (χ0n) is 18.2. The van der Waals surface area contributed by atoms with Crippen molar-refractivity contribution in [2.24, 2.45) is 0 Å². The fourth-order valence-electron chi connectivity index (χ4n) is 3.09. The van der Waals surface area contributed by atoms with Crippen molar-refractivity contribution >= 4 is 50.7 Å². The van der Waals surface area contributed by atoms with Gasteiger partial charge in [-0.25, -0.2) is 13.4 Å². The van der Waals surface area contributed by atoms with Gasteiger partial charge in [-0.3, -0.25) is 4.72 Å². The molecule has 0 fully saturated rings. The van der Waals surface area contributed by atoms with Crippen molar-refractivity contribution in [1.82, 2.24) is 4.98 Å². The molecule has 11 heteroatoms. The van der Waals surface area contributed by atoms with E-state index in [1.165, 1.54) is 6.20 Å². The first-order valence-corrected chi connectivity index (χ1v) is 13.0. The number of alkyl halides is 1. The Morgan fingerprint density at radius 3 is 2.27 bits per heavy atom. The highest BCUT2D eigenvalue weighted by Gasteiger charge is 2.25. The normalized spacial score (nSPS) is 11.9. The van der Waals surface area contributed by atoms with Crippen molar-refractivity contribution in [3.8, 4) is 11.5 Å². The van der Waals surface area contributed by atoms with E-state index < -0.39 is 15.4 Å². The van der Waals surface area contributed by atoms with Crippen LogP contribution in [0.1, 0.15) is 30.9 Å². The number of oxazole rings is 1. The summed E-state index contributed by atoms with van der Waals surface area (Å²) in [4.78, 5) is 3.99. The van der Waals surface area contributed by atoms with Crippen LogP contribution in [0.5, 0.6) is 11.5 Å². The van der Waals surface area contributed by atoms with Crippen LogP contribution in [0.25, 0.3) is 0 Å². The maximum Gasteiger partial charge on any atom is 0.234 e. The predicted molar refractivity (Wildman–Crippen MR) is 131 cm³/mol. The molecule has 0 aliphatic rings. The zero-order chi connectivity index (χ0) is 24.2. The largest absolute Gasteiger partial charge is 0.489 e. The second-order valence-corrected chi connectivity index (χ2v) is 10.7. The van der Waals surface area contributed by atoms with Gasteiger partial charge in [0.05, 0.1) is 28.4 Å². The van der Waals surface area contributed by atoms with Crippen molar-refractivity contribution in [3.05, 3.63) is 69.7 Å². The molecule has 0 aliphatic carbocycles. The number of hydrogen-bond donors (Lipinski definition) is 1. The molecular weight excluding hydrogens is 511 g/mol. The van der Waals surface area contributed by atoms with Crippen LogP contribution >= 0.6 is 34.8 Å². The minimum Gasteiger partial charge on any atom is -0.489 e. The maximum atomic E-state index is 11.2. The zero-order valence-corrected chi connectivity index (χ0v) is 21.3. The lowest BCUT2D eigenvalue weighted by Crippen LogP contribution is -2.19. The fraction of sp³-hybridized carbons (Fsp3) is 0.318. The molecule has 3 aromatic rings. The molecule has 0 radical (unpaired) electrons.